The SMILES string of the molecule is CC(C)C[C@@H](c1nnnn1C[C@@H]1CCCO1)[NH+]1CCN(C(=O)c2ccco2)CC1. The molecule has 0 saturated carbocycles. The molecule has 2 aliphatic rings. The van der Waals surface area contributed by atoms with Gasteiger partial charge >= 0.3 is 0 Å². The first-order valence-corrected chi connectivity index (χ1v) is 10.7. The third-order valence-corrected chi connectivity index (χ3v) is 5.90. The number of hydrogen-bond donors (Lipinski definition) is 1. The summed E-state index contributed by atoms with van der Waals surface area (Å²) in [5, 5.41) is 12.7. The van der Waals surface area contributed by atoms with Crippen molar-refractivity contribution < 1.29 is 18.8 Å². The maximum absolute atomic E-state index is 12.6. The number of quaternary nitrogens is 1. The Labute approximate surface area is 171 Å². The van der Waals surface area contributed by atoms with Crippen LogP contribution in [0.1, 0.15) is 55.5 Å². The maximum Gasteiger partial charge on any atom is 0.289 e. The van der Waals surface area contributed by atoms with Crippen LogP contribution in [-0.2, 0) is 11.3 Å². The topological polar surface area (TPSA) is 90.7 Å². The predicted molar refractivity (Wildman–Crippen MR) is 104 cm³/mol. The number of piperazine rings is 1. The van der Waals surface area contributed by atoms with Crippen molar-refractivity contribution in [2.24, 2.45) is 5.92 Å². The molecular weight excluding hydrogens is 372 g/mol. The molecule has 9 heteroatoms. The molecule has 2 aromatic heterocycles. The van der Waals surface area contributed by atoms with Crippen molar-refractivity contribution in [3.8, 4) is 0 Å². The molecule has 2 atom stereocenters. The van der Waals surface area contributed by atoms with Crippen molar-refractivity contribution in [1.82, 2.24) is 25.1 Å². The van der Waals surface area contributed by atoms with Gasteiger partial charge in [0.25, 0.3) is 5.91 Å². The molecule has 2 fully saturated rings. The van der Waals surface area contributed by atoms with Crippen LogP contribution in [0.15, 0.2) is 22.8 Å². The molecule has 0 radical (unpaired) electrons. The lowest BCUT2D eigenvalue weighted by Crippen LogP contribution is -3.15. The molecule has 0 aromatic carbocycles. The van der Waals surface area contributed by atoms with Crippen LogP contribution in [-0.4, -0.2) is 69.9 Å². The first-order valence-electron chi connectivity index (χ1n) is 10.7. The van der Waals surface area contributed by atoms with Gasteiger partial charge in [-0.25, -0.2) is 4.68 Å². The van der Waals surface area contributed by atoms with Crippen molar-refractivity contribution in [2.45, 2.75) is 51.8 Å². The predicted octanol–water partition coefficient (Wildman–Crippen LogP) is 0.573. The molecule has 0 spiro atoms. The average Bonchev–Trinajstić information content (AvgIpc) is 3.49. The summed E-state index contributed by atoms with van der Waals surface area (Å²) in [6.45, 7) is 9.16. The Morgan fingerprint density at radius 3 is 2.83 bits per heavy atom. The molecule has 158 valence electrons. The molecule has 0 aliphatic carbocycles. The van der Waals surface area contributed by atoms with E-state index in [9.17, 15) is 4.79 Å². The van der Waals surface area contributed by atoms with E-state index < -0.39 is 0 Å². The fraction of sp³-hybridized carbons (Fsp3) is 0.700. The second kappa shape index (κ2) is 9.04. The van der Waals surface area contributed by atoms with Crippen LogP contribution in [0.4, 0.5) is 0 Å². The van der Waals surface area contributed by atoms with E-state index in [1.54, 1.807) is 18.4 Å². The molecule has 4 heterocycles. The number of ether oxygens (including phenoxy) is 1. The van der Waals surface area contributed by atoms with Crippen molar-refractivity contribution in [1.29, 1.82) is 0 Å². The van der Waals surface area contributed by atoms with Gasteiger partial charge in [0.1, 0.15) is 6.04 Å². The van der Waals surface area contributed by atoms with Crippen LogP contribution in [0.3, 0.4) is 0 Å². The molecule has 0 unspecified atom stereocenters. The first kappa shape index (κ1) is 20.0. The summed E-state index contributed by atoms with van der Waals surface area (Å²) in [6.07, 6.45) is 4.92. The lowest BCUT2D eigenvalue weighted by atomic mass is 10.0. The minimum atomic E-state index is -0.0299. The van der Waals surface area contributed by atoms with Crippen molar-refractivity contribution >= 4 is 5.91 Å². The minimum Gasteiger partial charge on any atom is -0.459 e. The number of carbonyl (C=O) groups excluding carboxylic acids is 1. The molecule has 2 aliphatic heterocycles. The summed E-state index contributed by atoms with van der Waals surface area (Å²) in [5.41, 5.74) is 0. The largest absolute Gasteiger partial charge is 0.459 e. The molecule has 0 bridgehead atoms. The number of tetrazole rings is 1. The Kier molecular flexibility index (Phi) is 6.25. The second-order valence-corrected chi connectivity index (χ2v) is 8.46. The van der Waals surface area contributed by atoms with E-state index in [0.717, 1.165) is 44.8 Å². The number of furan rings is 1. The second-order valence-electron chi connectivity index (χ2n) is 8.46. The van der Waals surface area contributed by atoms with Crippen molar-refractivity contribution in [3.63, 3.8) is 0 Å². The van der Waals surface area contributed by atoms with Gasteiger partial charge in [-0.2, -0.15) is 0 Å². The Bertz CT molecular complexity index is 776. The Balaban J connectivity index is 1.44. The van der Waals surface area contributed by atoms with E-state index in [1.165, 1.54) is 4.90 Å². The van der Waals surface area contributed by atoms with Gasteiger partial charge in [0.15, 0.2) is 5.76 Å². The lowest BCUT2D eigenvalue weighted by Gasteiger charge is -2.36. The zero-order valence-corrected chi connectivity index (χ0v) is 17.3. The van der Waals surface area contributed by atoms with Gasteiger partial charge < -0.3 is 19.0 Å². The normalized spacial score (nSPS) is 21.8. The van der Waals surface area contributed by atoms with Crippen LogP contribution in [0, 0.1) is 5.92 Å². The van der Waals surface area contributed by atoms with Crippen molar-refractivity contribution in [3.05, 3.63) is 30.0 Å². The zero-order valence-electron chi connectivity index (χ0n) is 17.3. The lowest BCUT2D eigenvalue weighted by molar-refractivity contribution is -0.937. The molecule has 29 heavy (non-hydrogen) atoms. The fourth-order valence-corrected chi connectivity index (χ4v) is 4.40. The van der Waals surface area contributed by atoms with Gasteiger partial charge in [-0.1, -0.05) is 13.8 Å². The maximum atomic E-state index is 12.6. The minimum absolute atomic E-state index is 0.0299. The number of rotatable bonds is 7. The summed E-state index contributed by atoms with van der Waals surface area (Å²) < 4.78 is 13.0. The van der Waals surface area contributed by atoms with E-state index >= 15 is 0 Å². The van der Waals surface area contributed by atoms with Gasteiger partial charge in [-0.3, -0.25) is 4.79 Å². The monoisotopic (exact) mass is 403 g/mol. The fourth-order valence-electron chi connectivity index (χ4n) is 4.40. The van der Waals surface area contributed by atoms with Gasteiger partial charge in [-0.05, 0) is 41.3 Å². The summed E-state index contributed by atoms with van der Waals surface area (Å²) in [5.74, 6) is 1.85. The molecule has 2 aromatic rings. The highest BCUT2D eigenvalue weighted by molar-refractivity contribution is 5.91. The van der Waals surface area contributed by atoms with Crippen LogP contribution < -0.4 is 4.90 Å². The molecule has 2 saturated heterocycles. The van der Waals surface area contributed by atoms with E-state index in [0.29, 0.717) is 31.3 Å². The smallest absolute Gasteiger partial charge is 0.289 e. The summed E-state index contributed by atoms with van der Waals surface area (Å²) in [6, 6.07) is 3.69. The highest BCUT2D eigenvalue weighted by Crippen LogP contribution is 2.19. The number of hydrogen-bond acceptors (Lipinski definition) is 6. The quantitative estimate of drug-likeness (QED) is 0.727. The molecule has 1 N–H and O–H groups in total. The van der Waals surface area contributed by atoms with Gasteiger partial charge in [-0.15, -0.1) is 5.10 Å². The zero-order chi connectivity index (χ0) is 20.2. The Morgan fingerprint density at radius 1 is 1.34 bits per heavy atom. The van der Waals surface area contributed by atoms with Crippen LogP contribution >= 0.6 is 0 Å². The third-order valence-electron chi connectivity index (χ3n) is 5.90. The summed E-state index contributed by atoms with van der Waals surface area (Å²) in [4.78, 5) is 15.9. The molecule has 4 rings (SSSR count). The van der Waals surface area contributed by atoms with Gasteiger partial charge in [0, 0.05) is 13.0 Å². The Morgan fingerprint density at radius 2 is 2.17 bits per heavy atom. The third kappa shape index (κ3) is 4.67. The number of carbonyl (C=O) groups is 1. The Hall–Kier alpha value is -2.26. The highest BCUT2D eigenvalue weighted by Gasteiger charge is 2.35. The summed E-state index contributed by atoms with van der Waals surface area (Å²) in [7, 11) is 0. The number of aromatic nitrogens is 4. The number of nitrogens with one attached hydrogen (secondary N) is 1. The summed E-state index contributed by atoms with van der Waals surface area (Å²) >= 11 is 0. The molecule has 9 nitrogen and oxygen atoms in total. The first-order chi connectivity index (χ1) is 14.1. The molecular formula is C20H31N6O3+. The standard InChI is InChI=1S/C20H30N6O3/c1-15(2)13-17(19-21-22-23-26(19)14-16-5-3-11-28-16)24-7-9-25(10-8-24)20(27)18-6-4-12-29-18/h4,6,12,15-17H,3,5,7-11,13-14H2,1-2H3/p+1/t16-,17-/m0/s1. The van der Waals surface area contributed by atoms with Crippen LogP contribution in [0.25, 0.3) is 0 Å². The number of amides is 1. The highest BCUT2D eigenvalue weighted by atomic mass is 16.5. The van der Waals surface area contributed by atoms with Crippen LogP contribution in [0.2, 0.25) is 0 Å². The van der Waals surface area contributed by atoms with E-state index in [-0.39, 0.29) is 18.1 Å². The molecule has 1 amide bonds. The van der Waals surface area contributed by atoms with E-state index in [2.05, 4.69) is 29.4 Å². The van der Waals surface area contributed by atoms with Crippen molar-refractivity contribution in [2.75, 3.05) is 32.8 Å². The van der Waals surface area contributed by atoms with Gasteiger partial charge in [0.05, 0.1) is 45.1 Å². The number of nitrogens with zero attached hydrogens (tertiary/aromatic N) is 5. The van der Waals surface area contributed by atoms with E-state index in [1.807, 2.05) is 9.58 Å². The average molecular weight is 404 g/mol. The van der Waals surface area contributed by atoms with Gasteiger partial charge in [0.2, 0.25) is 5.82 Å². The van der Waals surface area contributed by atoms with E-state index in [4.69, 9.17) is 9.15 Å². The van der Waals surface area contributed by atoms with Crippen LogP contribution in [0.5, 0.6) is 0 Å².